The quantitative estimate of drug-likeness (QED) is 0.728. The Balaban J connectivity index is 1.69. The number of nitrogens with zero attached hydrogens (tertiary/aromatic N) is 3. The molecule has 2 N–H and O–H groups in total. The van der Waals surface area contributed by atoms with Gasteiger partial charge in [-0.3, -0.25) is 19.3 Å². The Labute approximate surface area is 140 Å². The molecule has 1 saturated carbocycles. The zero-order valence-corrected chi connectivity index (χ0v) is 14.0. The lowest BCUT2D eigenvalue weighted by atomic mass is 9.81. The molecule has 8 nitrogen and oxygen atoms in total. The molecule has 0 aromatic carbocycles. The molecule has 1 spiro atoms. The highest BCUT2D eigenvalue weighted by atomic mass is 16.2. The third kappa shape index (κ3) is 2.53. The van der Waals surface area contributed by atoms with Crippen molar-refractivity contribution in [2.45, 2.75) is 44.1 Å². The van der Waals surface area contributed by atoms with E-state index in [-0.39, 0.29) is 30.8 Å². The summed E-state index contributed by atoms with van der Waals surface area (Å²) < 4.78 is 0. The second-order valence-electron chi connectivity index (χ2n) is 7.05. The van der Waals surface area contributed by atoms with Crippen LogP contribution in [0.2, 0.25) is 0 Å². The van der Waals surface area contributed by atoms with E-state index in [0.717, 1.165) is 24.2 Å². The van der Waals surface area contributed by atoms with Crippen molar-refractivity contribution in [3.63, 3.8) is 0 Å². The van der Waals surface area contributed by atoms with Crippen LogP contribution in [0.3, 0.4) is 0 Å². The minimum Gasteiger partial charge on any atom is -0.369 e. The summed E-state index contributed by atoms with van der Waals surface area (Å²) in [6.07, 6.45) is 4.75. The molecule has 3 fully saturated rings. The molecule has 3 aliphatic rings. The predicted molar refractivity (Wildman–Crippen MR) is 84.6 cm³/mol. The monoisotopic (exact) mass is 336 g/mol. The largest absolute Gasteiger partial charge is 0.369 e. The first kappa shape index (κ1) is 16.7. The Morgan fingerprint density at radius 3 is 2.46 bits per heavy atom. The molecule has 132 valence electrons. The van der Waals surface area contributed by atoms with Crippen LogP contribution in [0.15, 0.2) is 0 Å². The van der Waals surface area contributed by atoms with E-state index in [1.165, 1.54) is 9.80 Å². The number of likely N-dealkylation sites (tertiary alicyclic amines) is 1. The van der Waals surface area contributed by atoms with Crippen LogP contribution in [0.4, 0.5) is 4.79 Å². The predicted octanol–water partition coefficient (Wildman–Crippen LogP) is -0.0829. The molecular weight excluding hydrogens is 312 g/mol. The molecular formula is C16H24N4O4. The average molecular weight is 336 g/mol. The summed E-state index contributed by atoms with van der Waals surface area (Å²) in [5, 5.41) is 0. The van der Waals surface area contributed by atoms with Gasteiger partial charge in [-0.25, -0.2) is 4.79 Å². The van der Waals surface area contributed by atoms with E-state index in [2.05, 4.69) is 0 Å². The van der Waals surface area contributed by atoms with Crippen molar-refractivity contribution in [1.29, 1.82) is 0 Å². The van der Waals surface area contributed by atoms with E-state index in [4.69, 9.17) is 5.73 Å². The van der Waals surface area contributed by atoms with Crippen LogP contribution in [0.1, 0.15) is 38.5 Å². The molecule has 0 radical (unpaired) electrons. The number of hydrogen-bond acceptors (Lipinski definition) is 4. The van der Waals surface area contributed by atoms with Crippen molar-refractivity contribution in [1.82, 2.24) is 14.7 Å². The van der Waals surface area contributed by atoms with E-state index in [9.17, 15) is 19.2 Å². The Bertz CT molecular complexity index is 585. The van der Waals surface area contributed by atoms with E-state index in [1.54, 1.807) is 7.05 Å². The number of likely N-dealkylation sites (N-methyl/N-ethyl adjacent to an activating group) is 1. The lowest BCUT2D eigenvalue weighted by Crippen LogP contribution is -2.49. The Hall–Kier alpha value is -2.12. The van der Waals surface area contributed by atoms with Gasteiger partial charge < -0.3 is 15.5 Å². The van der Waals surface area contributed by atoms with Gasteiger partial charge in [0.25, 0.3) is 5.91 Å². The Kier molecular flexibility index (Phi) is 4.23. The fourth-order valence-corrected chi connectivity index (χ4v) is 4.13. The molecule has 1 aliphatic carbocycles. The van der Waals surface area contributed by atoms with E-state index in [1.807, 2.05) is 0 Å². The molecule has 2 heterocycles. The van der Waals surface area contributed by atoms with Crippen molar-refractivity contribution < 1.29 is 19.2 Å². The Morgan fingerprint density at radius 2 is 1.88 bits per heavy atom. The van der Waals surface area contributed by atoms with Crippen LogP contribution in [-0.4, -0.2) is 70.7 Å². The van der Waals surface area contributed by atoms with Crippen molar-refractivity contribution in [2.24, 2.45) is 11.7 Å². The molecule has 0 aromatic rings. The fraction of sp³-hybridized carbons (Fsp3) is 0.750. The maximum atomic E-state index is 12.8. The van der Waals surface area contributed by atoms with Gasteiger partial charge in [-0.1, -0.05) is 19.3 Å². The lowest BCUT2D eigenvalue weighted by Gasteiger charge is -2.35. The van der Waals surface area contributed by atoms with Crippen molar-refractivity contribution >= 4 is 23.8 Å². The van der Waals surface area contributed by atoms with Crippen LogP contribution in [-0.2, 0) is 14.4 Å². The maximum absolute atomic E-state index is 12.8. The van der Waals surface area contributed by atoms with E-state index >= 15 is 0 Å². The second-order valence-corrected chi connectivity index (χ2v) is 7.05. The summed E-state index contributed by atoms with van der Waals surface area (Å²) in [6.45, 7) is 0.449. The molecule has 2 aliphatic heterocycles. The highest BCUT2D eigenvalue weighted by molar-refractivity contribution is 6.09. The summed E-state index contributed by atoms with van der Waals surface area (Å²) in [5.74, 6) is -1.32. The number of carbonyl (C=O) groups excluding carboxylic acids is 4. The third-order valence-electron chi connectivity index (χ3n) is 5.72. The van der Waals surface area contributed by atoms with E-state index in [0.29, 0.717) is 25.8 Å². The van der Waals surface area contributed by atoms with Gasteiger partial charge in [-0.2, -0.15) is 0 Å². The smallest absolute Gasteiger partial charge is 0.327 e. The van der Waals surface area contributed by atoms with Crippen molar-refractivity contribution in [3.8, 4) is 0 Å². The number of hydrogen-bond donors (Lipinski definition) is 1. The first-order valence-electron chi connectivity index (χ1n) is 8.53. The highest BCUT2D eigenvalue weighted by Crippen LogP contribution is 2.39. The van der Waals surface area contributed by atoms with Gasteiger partial charge in [-0.05, 0) is 19.3 Å². The van der Waals surface area contributed by atoms with Crippen LogP contribution in [0.25, 0.3) is 0 Å². The minimum atomic E-state index is -0.767. The molecule has 0 bridgehead atoms. The SMILES string of the molecule is CN1C(=O)N(CC(=O)N2CC[C@H](C(N)=O)C2)C(=O)C12CCCCC2. The van der Waals surface area contributed by atoms with Gasteiger partial charge in [-0.15, -0.1) is 0 Å². The first-order chi connectivity index (χ1) is 11.4. The molecule has 1 atom stereocenters. The van der Waals surface area contributed by atoms with Gasteiger partial charge in [0.1, 0.15) is 12.1 Å². The number of urea groups is 1. The first-order valence-corrected chi connectivity index (χ1v) is 8.53. The molecule has 3 rings (SSSR count). The summed E-state index contributed by atoms with van der Waals surface area (Å²) >= 11 is 0. The minimum absolute atomic E-state index is 0.255. The molecule has 2 saturated heterocycles. The van der Waals surface area contributed by atoms with Gasteiger partial charge in [0.2, 0.25) is 11.8 Å². The molecule has 8 heteroatoms. The van der Waals surface area contributed by atoms with Crippen LogP contribution in [0, 0.1) is 5.92 Å². The van der Waals surface area contributed by atoms with Gasteiger partial charge in [0.05, 0.1) is 5.92 Å². The molecule has 24 heavy (non-hydrogen) atoms. The zero-order chi connectivity index (χ0) is 17.5. The van der Waals surface area contributed by atoms with Crippen LogP contribution in [0.5, 0.6) is 0 Å². The topological polar surface area (TPSA) is 104 Å². The number of primary amides is 1. The summed E-state index contributed by atoms with van der Waals surface area (Å²) in [6, 6.07) is -0.402. The average Bonchev–Trinajstić information content (AvgIpc) is 3.13. The van der Waals surface area contributed by atoms with E-state index < -0.39 is 17.5 Å². The standard InChI is InChI=1S/C16H24N4O4/c1-18-15(24)20(14(23)16(18)6-3-2-4-7-16)10-12(21)19-8-5-11(9-19)13(17)22/h11H,2-10H2,1H3,(H2,17,22)/t11-/m0/s1. The van der Waals surface area contributed by atoms with Gasteiger partial charge in [0, 0.05) is 20.1 Å². The molecule has 5 amide bonds. The van der Waals surface area contributed by atoms with Crippen molar-refractivity contribution in [2.75, 3.05) is 26.7 Å². The fourth-order valence-electron chi connectivity index (χ4n) is 4.13. The maximum Gasteiger partial charge on any atom is 0.327 e. The molecule has 0 unspecified atom stereocenters. The number of amides is 5. The van der Waals surface area contributed by atoms with Crippen LogP contribution < -0.4 is 5.73 Å². The summed E-state index contributed by atoms with van der Waals surface area (Å²) in [7, 11) is 1.65. The van der Waals surface area contributed by atoms with Crippen LogP contribution >= 0.6 is 0 Å². The van der Waals surface area contributed by atoms with Crippen molar-refractivity contribution in [3.05, 3.63) is 0 Å². The number of nitrogens with two attached hydrogens (primary N) is 1. The lowest BCUT2D eigenvalue weighted by molar-refractivity contribution is -0.140. The number of carbonyl (C=O) groups is 4. The summed E-state index contributed by atoms with van der Waals surface area (Å²) in [5.41, 5.74) is 4.51. The Morgan fingerprint density at radius 1 is 1.21 bits per heavy atom. The van der Waals surface area contributed by atoms with Gasteiger partial charge in [0.15, 0.2) is 0 Å². The zero-order valence-electron chi connectivity index (χ0n) is 14.0. The molecule has 0 aromatic heterocycles. The number of imide groups is 1. The third-order valence-corrected chi connectivity index (χ3v) is 5.72. The second kappa shape index (κ2) is 6.07. The number of rotatable bonds is 3. The normalized spacial score (nSPS) is 26.5. The van der Waals surface area contributed by atoms with Gasteiger partial charge >= 0.3 is 6.03 Å². The summed E-state index contributed by atoms with van der Waals surface area (Å²) in [4.78, 5) is 53.1. The highest BCUT2D eigenvalue weighted by Gasteiger charge is 2.56.